The molecule has 1 aromatic carbocycles. The molecule has 0 saturated carbocycles. The third kappa shape index (κ3) is 4.24. The quantitative estimate of drug-likeness (QED) is 0.429. The largest absolute Gasteiger partial charge is 0.363 e. The van der Waals surface area contributed by atoms with E-state index < -0.39 is 31.1 Å². The Morgan fingerprint density at radius 3 is 2.44 bits per heavy atom. The maximum absolute atomic E-state index is 12.6. The number of alkyl halides is 2. The van der Waals surface area contributed by atoms with Crippen molar-refractivity contribution in [2.24, 2.45) is 0 Å². The minimum atomic E-state index is -4.88. The monoisotopic (exact) mass is 373 g/mol. The van der Waals surface area contributed by atoms with E-state index in [4.69, 9.17) is 6.42 Å². The minimum absolute atomic E-state index is 0.217. The van der Waals surface area contributed by atoms with Crippen LogP contribution in [-0.4, -0.2) is 56.7 Å². The standard InChI is InChI=1S/C15H17F2N3O4S/c1-2-3-6-18-7-9-19(10-8-18)13-5-4-12(11-14(13)20(21)22)25(23,24)15(16)17/h1,4-5,11,15H,3,6-10H2. The molecule has 136 valence electrons. The normalized spacial score (nSPS) is 16.0. The molecule has 1 fully saturated rings. The lowest BCUT2D eigenvalue weighted by Crippen LogP contribution is -2.46. The fraction of sp³-hybridized carbons (Fsp3) is 0.467. The van der Waals surface area contributed by atoms with Crippen LogP contribution in [0.2, 0.25) is 0 Å². The molecular weight excluding hydrogens is 356 g/mol. The Morgan fingerprint density at radius 1 is 1.28 bits per heavy atom. The molecule has 1 aliphatic rings. The van der Waals surface area contributed by atoms with Crippen LogP contribution in [0.5, 0.6) is 0 Å². The van der Waals surface area contributed by atoms with Gasteiger partial charge in [-0.2, -0.15) is 8.78 Å². The van der Waals surface area contributed by atoms with Crippen molar-refractivity contribution in [3.05, 3.63) is 28.3 Å². The predicted molar refractivity (Wildman–Crippen MR) is 88.4 cm³/mol. The van der Waals surface area contributed by atoms with E-state index >= 15 is 0 Å². The van der Waals surface area contributed by atoms with E-state index in [9.17, 15) is 27.3 Å². The summed E-state index contributed by atoms with van der Waals surface area (Å²) in [6, 6.07) is 2.89. The number of nitrogens with zero attached hydrogens (tertiary/aromatic N) is 3. The Kier molecular flexibility index (Phi) is 5.92. The lowest BCUT2D eigenvalue weighted by molar-refractivity contribution is -0.384. The van der Waals surface area contributed by atoms with Crippen LogP contribution in [-0.2, 0) is 9.84 Å². The van der Waals surface area contributed by atoms with Gasteiger partial charge in [-0.1, -0.05) is 0 Å². The van der Waals surface area contributed by atoms with E-state index in [1.165, 1.54) is 6.07 Å². The average Bonchev–Trinajstić information content (AvgIpc) is 2.59. The van der Waals surface area contributed by atoms with E-state index in [0.29, 0.717) is 38.7 Å². The van der Waals surface area contributed by atoms with E-state index in [-0.39, 0.29) is 5.69 Å². The summed E-state index contributed by atoms with van der Waals surface area (Å²) in [6.45, 7) is 3.02. The second-order valence-electron chi connectivity index (χ2n) is 5.50. The Morgan fingerprint density at radius 2 is 1.92 bits per heavy atom. The molecule has 0 atom stereocenters. The number of piperazine rings is 1. The number of hydrogen-bond donors (Lipinski definition) is 0. The minimum Gasteiger partial charge on any atom is -0.363 e. The summed E-state index contributed by atoms with van der Waals surface area (Å²) in [6.07, 6.45) is 5.83. The van der Waals surface area contributed by atoms with Crippen LogP contribution in [0, 0.1) is 22.5 Å². The molecular formula is C15H17F2N3O4S. The first kappa shape index (κ1) is 19.1. The molecule has 10 heteroatoms. The second kappa shape index (κ2) is 7.76. The molecule has 1 heterocycles. The highest BCUT2D eigenvalue weighted by Crippen LogP contribution is 2.32. The molecule has 0 unspecified atom stereocenters. The topological polar surface area (TPSA) is 83.8 Å². The van der Waals surface area contributed by atoms with Crippen molar-refractivity contribution in [1.82, 2.24) is 4.90 Å². The summed E-state index contributed by atoms with van der Waals surface area (Å²) in [5.74, 6) is -1.08. The molecule has 0 spiro atoms. The number of sulfone groups is 1. The molecule has 7 nitrogen and oxygen atoms in total. The molecule has 0 bridgehead atoms. The van der Waals surface area contributed by atoms with E-state index in [0.717, 1.165) is 12.6 Å². The SMILES string of the molecule is C#CCCN1CCN(c2ccc(S(=O)(=O)C(F)F)cc2[N+](=O)[O-])CC1. The molecule has 25 heavy (non-hydrogen) atoms. The van der Waals surface area contributed by atoms with Crippen molar-refractivity contribution in [2.75, 3.05) is 37.6 Å². The van der Waals surface area contributed by atoms with Crippen molar-refractivity contribution in [2.45, 2.75) is 17.1 Å². The summed E-state index contributed by atoms with van der Waals surface area (Å²) in [5, 5.41) is 11.3. The van der Waals surface area contributed by atoms with Gasteiger partial charge in [-0.05, 0) is 12.1 Å². The highest BCUT2D eigenvalue weighted by molar-refractivity contribution is 7.91. The van der Waals surface area contributed by atoms with Crippen LogP contribution >= 0.6 is 0 Å². The van der Waals surface area contributed by atoms with Gasteiger partial charge >= 0.3 is 5.76 Å². The van der Waals surface area contributed by atoms with Crippen molar-refractivity contribution < 1.29 is 22.1 Å². The number of anilines is 1. The maximum atomic E-state index is 12.6. The van der Waals surface area contributed by atoms with Gasteiger partial charge < -0.3 is 4.90 Å². The van der Waals surface area contributed by atoms with Gasteiger partial charge in [-0.3, -0.25) is 15.0 Å². The zero-order valence-corrected chi connectivity index (χ0v) is 14.1. The molecule has 1 saturated heterocycles. The predicted octanol–water partition coefficient (Wildman–Crippen LogP) is 1.74. The molecule has 0 N–H and O–H groups in total. The maximum Gasteiger partial charge on any atom is 0.341 e. The Balaban J connectivity index is 2.25. The number of nitro groups is 1. The van der Waals surface area contributed by atoms with E-state index in [1.807, 2.05) is 0 Å². The molecule has 1 aliphatic heterocycles. The first-order valence-electron chi connectivity index (χ1n) is 7.48. The first-order chi connectivity index (χ1) is 11.8. The number of benzene rings is 1. The number of hydrogen-bond acceptors (Lipinski definition) is 6. The van der Waals surface area contributed by atoms with Gasteiger partial charge in [0.15, 0.2) is 0 Å². The van der Waals surface area contributed by atoms with Crippen LogP contribution in [0.25, 0.3) is 0 Å². The second-order valence-corrected chi connectivity index (χ2v) is 7.41. The lowest BCUT2D eigenvalue weighted by atomic mass is 10.2. The zero-order valence-electron chi connectivity index (χ0n) is 13.3. The van der Waals surface area contributed by atoms with Gasteiger partial charge in [0.1, 0.15) is 5.69 Å². The summed E-state index contributed by atoms with van der Waals surface area (Å²) in [5.41, 5.74) is -0.284. The number of nitro benzene ring substituents is 1. The van der Waals surface area contributed by atoms with Crippen LogP contribution in [0.3, 0.4) is 0 Å². The van der Waals surface area contributed by atoms with E-state index in [2.05, 4.69) is 10.8 Å². The Hall–Kier alpha value is -2.25. The van der Waals surface area contributed by atoms with Gasteiger partial charge in [-0.15, -0.1) is 12.3 Å². The molecule has 0 amide bonds. The van der Waals surface area contributed by atoms with Gasteiger partial charge in [0.2, 0.25) is 9.84 Å². The number of terminal acetylenes is 1. The molecule has 0 aliphatic carbocycles. The molecule has 0 aromatic heterocycles. The summed E-state index contributed by atoms with van der Waals surface area (Å²) >= 11 is 0. The van der Waals surface area contributed by atoms with Gasteiger partial charge in [0, 0.05) is 45.2 Å². The van der Waals surface area contributed by atoms with Crippen LogP contribution in [0.4, 0.5) is 20.2 Å². The fourth-order valence-electron chi connectivity index (χ4n) is 2.63. The Bertz CT molecular complexity index is 784. The number of rotatable bonds is 6. The smallest absolute Gasteiger partial charge is 0.341 e. The molecule has 2 rings (SSSR count). The van der Waals surface area contributed by atoms with Gasteiger partial charge in [-0.25, -0.2) is 8.42 Å². The molecule has 1 aromatic rings. The van der Waals surface area contributed by atoms with Gasteiger partial charge in [0.25, 0.3) is 5.69 Å². The van der Waals surface area contributed by atoms with Crippen molar-refractivity contribution in [3.8, 4) is 12.3 Å². The summed E-state index contributed by atoms with van der Waals surface area (Å²) in [7, 11) is -4.88. The average molecular weight is 373 g/mol. The summed E-state index contributed by atoms with van der Waals surface area (Å²) in [4.78, 5) is 13.6. The van der Waals surface area contributed by atoms with Crippen molar-refractivity contribution in [1.29, 1.82) is 0 Å². The summed E-state index contributed by atoms with van der Waals surface area (Å²) < 4.78 is 48.3. The third-order valence-corrected chi connectivity index (χ3v) is 5.37. The van der Waals surface area contributed by atoms with Crippen LogP contribution < -0.4 is 4.90 Å². The van der Waals surface area contributed by atoms with Gasteiger partial charge in [0.05, 0.1) is 9.82 Å². The fourth-order valence-corrected chi connectivity index (χ4v) is 3.37. The van der Waals surface area contributed by atoms with Crippen LogP contribution in [0.15, 0.2) is 23.1 Å². The van der Waals surface area contributed by atoms with Crippen molar-refractivity contribution >= 4 is 21.2 Å². The third-order valence-electron chi connectivity index (χ3n) is 3.99. The first-order valence-corrected chi connectivity index (χ1v) is 9.03. The Labute approximate surface area is 144 Å². The van der Waals surface area contributed by atoms with Crippen molar-refractivity contribution in [3.63, 3.8) is 0 Å². The molecule has 0 radical (unpaired) electrons. The lowest BCUT2D eigenvalue weighted by Gasteiger charge is -2.35. The highest BCUT2D eigenvalue weighted by Gasteiger charge is 2.31. The van der Waals surface area contributed by atoms with Crippen LogP contribution in [0.1, 0.15) is 6.42 Å². The van der Waals surface area contributed by atoms with E-state index in [1.54, 1.807) is 4.90 Å². The number of halogens is 2. The zero-order chi connectivity index (χ0) is 18.6. The highest BCUT2D eigenvalue weighted by atomic mass is 32.2.